The second-order valence-electron chi connectivity index (χ2n) is 10.3. The summed E-state index contributed by atoms with van der Waals surface area (Å²) in [6, 6.07) is 21.1. The summed E-state index contributed by atoms with van der Waals surface area (Å²) in [5.41, 5.74) is 5.73. The third kappa shape index (κ3) is 7.43. The lowest BCUT2D eigenvalue weighted by Gasteiger charge is -2.27. The number of hydrogen-bond acceptors (Lipinski definition) is 1. The van der Waals surface area contributed by atoms with Gasteiger partial charge < -0.3 is 4.74 Å². The van der Waals surface area contributed by atoms with Gasteiger partial charge in [-0.2, -0.15) is 4.39 Å². The summed E-state index contributed by atoms with van der Waals surface area (Å²) in [6.45, 7) is 4.16. The number of hydrogen-bond donors (Lipinski definition) is 0. The highest BCUT2D eigenvalue weighted by atomic mass is 19.2. The van der Waals surface area contributed by atoms with Crippen LogP contribution < -0.4 is 4.74 Å². The van der Waals surface area contributed by atoms with Gasteiger partial charge in [-0.1, -0.05) is 78.9 Å². The van der Waals surface area contributed by atoms with Crippen LogP contribution in [0, 0.1) is 17.6 Å². The summed E-state index contributed by atoms with van der Waals surface area (Å²) in [6.07, 6.45) is 16.9. The molecule has 0 amide bonds. The van der Waals surface area contributed by atoms with Crippen molar-refractivity contribution in [1.29, 1.82) is 0 Å². The van der Waals surface area contributed by atoms with Crippen LogP contribution in [0.1, 0.15) is 75.0 Å². The van der Waals surface area contributed by atoms with Crippen LogP contribution >= 0.6 is 0 Å². The molecule has 0 saturated heterocycles. The molecule has 1 aliphatic carbocycles. The van der Waals surface area contributed by atoms with Gasteiger partial charge in [-0.25, -0.2) is 4.39 Å². The molecule has 0 spiro atoms. The Kier molecular flexibility index (Phi) is 10.3. The van der Waals surface area contributed by atoms with Crippen molar-refractivity contribution in [2.24, 2.45) is 5.92 Å². The zero-order valence-corrected chi connectivity index (χ0v) is 22.8. The molecule has 3 heteroatoms. The van der Waals surface area contributed by atoms with Gasteiger partial charge in [-0.3, -0.25) is 0 Å². The summed E-state index contributed by atoms with van der Waals surface area (Å²) < 4.78 is 34.1. The molecule has 0 heterocycles. The molecule has 0 radical (unpaired) electrons. The largest absolute Gasteiger partial charge is 0.491 e. The number of halogens is 2. The predicted molar refractivity (Wildman–Crippen MR) is 155 cm³/mol. The topological polar surface area (TPSA) is 9.23 Å². The van der Waals surface area contributed by atoms with E-state index in [0.29, 0.717) is 18.1 Å². The van der Waals surface area contributed by atoms with Gasteiger partial charge in [-0.15, -0.1) is 0 Å². The van der Waals surface area contributed by atoms with Gasteiger partial charge in [0.1, 0.15) is 0 Å². The average molecular weight is 515 g/mol. The standard InChI is InChI=1S/C35H40F2O/c1-3-5-6-9-26-12-18-29(19-13-26)30-20-14-27(15-21-30)10-7-8-11-28-16-22-31(23-17-28)32-24-25-33(38-4-2)35(37)34(32)36/h3,5,8,11-15,18-21,24-25,28,31H,4,6-7,9-10,16-17,22-23H2,1-2H3. The van der Waals surface area contributed by atoms with Crippen molar-refractivity contribution in [3.8, 4) is 16.9 Å². The third-order valence-corrected chi connectivity index (χ3v) is 7.67. The predicted octanol–water partition coefficient (Wildman–Crippen LogP) is 10.0. The Balaban J connectivity index is 1.21. The highest BCUT2D eigenvalue weighted by Gasteiger charge is 2.25. The number of ether oxygens (including phenoxy) is 1. The van der Waals surface area contributed by atoms with E-state index < -0.39 is 11.6 Å². The Bertz CT molecular complexity index is 1200. The summed E-state index contributed by atoms with van der Waals surface area (Å²) in [4.78, 5) is 0. The van der Waals surface area contributed by atoms with Crippen molar-refractivity contribution in [2.75, 3.05) is 6.61 Å². The monoisotopic (exact) mass is 514 g/mol. The van der Waals surface area contributed by atoms with Gasteiger partial charge in [0.15, 0.2) is 11.6 Å². The zero-order chi connectivity index (χ0) is 26.7. The molecular formula is C35H40F2O. The molecule has 3 aromatic carbocycles. The smallest absolute Gasteiger partial charge is 0.200 e. The maximum Gasteiger partial charge on any atom is 0.200 e. The molecule has 1 saturated carbocycles. The van der Waals surface area contributed by atoms with Crippen LogP contribution in [0.5, 0.6) is 5.75 Å². The maximum absolute atomic E-state index is 14.6. The molecule has 0 N–H and O–H groups in total. The molecule has 1 nitrogen and oxygen atoms in total. The Hall–Kier alpha value is -3.20. The van der Waals surface area contributed by atoms with Crippen molar-refractivity contribution in [2.45, 2.75) is 71.1 Å². The first-order chi connectivity index (χ1) is 18.6. The van der Waals surface area contributed by atoms with E-state index in [-0.39, 0.29) is 11.7 Å². The third-order valence-electron chi connectivity index (χ3n) is 7.67. The van der Waals surface area contributed by atoms with Crippen molar-refractivity contribution in [3.63, 3.8) is 0 Å². The number of allylic oxidation sites excluding steroid dienone is 4. The fourth-order valence-corrected chi connectivity index (χ4v) is 5.43. The fraction of sp³-hybridized carbons (Fsp3) is 0.371. The lowest BCUT2D eigenvalue weighted by molar-refractivity contribution is 0.310. The normalized spacial score (nSPS) is 17.9. The van der Waals surface area contributed by atoms with Gasteiger partial charge in [0, 0.05) is 0 Å². The van der Waals surface area contributed by atoms with E-state index in [4.69, 9.17) is 4.74 Å². The molecule has 1 aliphatic rings. The molecular weight excluding hydrogens is 474 g/mol. The molecule has 4 rings (SSSR count). The summed E-state index contributed by atoms with van der Waals surface area (Å²) in [5, 5.41) is 0. The highest BCUT2D eigenvalue weighted by Crippen LogP contribution is 2.39. The number of rotatable bonds is 11. The van der Waals surface area contributed by atoms with Crippen LogP contribution in [-0.4, -0.2) is 6.61 Å². The second-order valence-corrected chi connectivity index (χ2v) is 10.3. The first-order valence-electron chi connectivity index (χ1n) is 14.2. The molecule has 0 bridgehead atoms. The lowest BCUT2D eigenvalue weighted by atomic mass is 9.78. The van der Waals surface area contributed by atoms with Crippen molar-refractivity contribution in [1.82, 2.24) is 0 Å². The molecule has 0 atom stereocenters. The van der Waals surface area contributed by atoms with Crippen LogP contribution in [-0.2, 0) is 12.8 Å². The molecule has 0 aliphatic heterocycles. The van der Waals surface area contributed by atoms with Crippen LogP contribution in [0.15, 0.2) is 85.0 Å². The average Bonchev–Trinajstić information content (AvgIpc) is 2.95. The highest BCUT2D eigenvalue weighted by molar-refractivity contribution is 5.64. The fourth-order valence-electron chi connectivity index (χ4n) is 5.43. The van der Waals surface area contributed by atoms with E-state index >= 15 is 0 Å². The number of benzene rings is 3. The minimum Gasteiger partial charge on any atom is -0.491 e. The van der Waals surface area contributed by atoms with E-state index in [1.165, 1.54) is 22.3 Å². The molecule has 1 fully saturated rings. The van der Waals surface area contributed by atoms with Crippen molar-refractivity contribution < 1.29 is 13.5 Å². The van der Waals surface area contributed by atoms with Gasteiger partial charge in [0.25, 0.3) is 0 Å². The van der Waals surface area contributed by atoms with Crippen LogP contribution in [0.25, 0.3) is 11.1 Å². The van der Waals surface area contributed by atoms with Gasteiger partial charge in [0.05, 0.1) is 6.61 Å². The maximum atomic E-state index is 14.6. The minimum absolute atomic E-state index is 0.00451. The molecule has 38 heavy (non-hydrogen) atoms. The van der Waals surface area contributed by atoms with E-state index in [1.807, 2.05) is 0 Å². The van der Waals surface area contributed by atoms with Crippen molar-refractivity contribution >= 4 is 0 Å². The number of aryl methyl sites for hydroxylation is 2. The van der Waals surface area contributed by atoms with Gasteiger partial charge in [-0.05, 0) is 111 Å². The Morgan fingerprint density at radius 1 is 0.737 bits per heavy atom. The minimum atomic E-state index is -0.854. The molecule has 3 aromatic rings. The van der Waals surface area contributed by atoms with Crippen LogP contribution in [0.2, 0.25) is 0 Å². The van der Waals surface area contributed by atoms with E-state index in [9.17, 15) is 8.78 Å². The van der Waals surface area contributed by atoms with Gasteiger partial charge in [0.2, 0.25) is 5.82 Å². The van der Waals surface area contributed by atoms with E-state index in [2.05, 4.69) is 79.8 Å². The van der Waals surface area contributed by atoms with E-state index in [0.717, 1.165) is 51.4 Å². The summed E-state index contributed by atoms with van der Waals surface area (Å²) in [7, 11) is 0. The van der Waals surface area contributed by atoms with Crippen LogP contribution in [0.4, 0.5) is 8.78 Å². The molecule has 200 valence electrons. The van der Waals surface area contributed by atoms with Gasteiger partial charge >= 0.3 is 0 Å². The lowest BCUT2D eigenvalue weighted by Crippen LogP contribution is -2.14. The molecule has 0 unspecified atom stereocenters. The second kappa shape index (κ2) is 14.1. The van der Waals surface area contributed by atoms with Crippen molar-refractivity contribution in [3.05, 3.63) is 113 Å². The first-order valence-corrected chi connectivity index (χ1v) is 14.2. The molecule has 0 aromatic heterocycles. The first kappa shape index (κ1) is 27.8. The zero-order valence-electron chi connectivity index (χ0n) is 22.8. The Morgan fingerprint density at radius 2 is 1.32 bits per heavy atom. The Labute approximate surface area is 227 Å². The Morgan fingerprint density at radius 3 is 1.87 bits per heavy atom. The van der Waals surface area contributed by atoms with Crippen LogP contribution in [0.3, 0.4) is 0 Å². The summed E-state index contributed by atoms with van der Waals surface area (Å²) in [5.74, 6) is -0.987. The quantitative estimate of drug-likeness (QED) is 0.231. The summed E-state index contributed by atoms with van der Waals surface area (Å²) >= 11 is 0. The SMILES string of the molecule is CC=CCCc1ccc(-c2ccc(CCC=CC3CCC(c4ccc(OCC)c(F)c4F)CC3)cc2)cc1. The van der Waals surface area contributed by atoms with E-state index in [1.54, 1.807) is 19.1 Å².